The fourth-order valence-corrected chi connectivity index (χ4v) is 3.19. The van der Waals surface area contributed by atoms with E-state index < -0.39 is 10.0 Å². The van der Waals surface area contributed by atoms with Gasteiger partial charge in [0, 0.05) is 5.56 Å². The van der Waals surface area contributed by atoms with Gasteiger partial charge in [0.05, 0.1) is 22.6 Å². The molecule has 1 aromatic heterocycles. The molecule has 0 fully saturated rings. The van der Waals surface area contributed by atoms with Gasteiger partial charge in [-0.05, 0) is 25.1 Å². The number of hydrogen-bond acceptors (Lipinski definition) is 4. The summed E-state index contributed by atoms with van der Waals surface area (Å²) in [4.78, 5) is 0.249. The van der Waals surface area contributed by atoms with Crippen LogP contribution in [0.5, 0.6) is 0 Å². The Morgan fingerprint density at radius 3 is 2.70 bits per heavy atom. The van der Waals surface area contributed by atoms with Crippen molar-refractivity contribution in [3.8, 4) is 0 Å². The van der Waals surface area contributed by atoms with Crippen LogP contribution in [0, 0.1) is 6.92 Å². The van der Waals surface area contributed by atoms with Crippen molar-refractivity contribution in [1.82, 2.24) is 10.2 Å². The maximum atomic E-state index is 12.2. The van der Waals surface area contributed by atoms with Crippen molar-refractivity contribution in [3.05, 3.63) is 40.7 Å². The Morgan fingerprint density at radius 2 is 2.20 bits per heavy atom. The number of aromatic amines is 1. The van der Waals surface area contributed by atoms with Crippen LogP contribution in [0.1, 0.15) is 11.3 Å². The largest absolute Gasteiger partial charge is 0.389 e. The van der Waals surface area contributed by atoms with E-state index in [1.165, 1.54) is 18.3 Å². The summed E-state index contributed by atoms with van der Waals surface area (Å²) in [6, 6.07) is 4.60. The van der Waals surface area contributed by atoms with Crippen molar-refractivity contribution in [2.75, 3.05) is 4.72 Å². The molecule has 6 nitrogen and oxygen atoms in total. The first-order valence-corrected chi connectivity index (χ1v) is 7.70. The quantitative estimate of drug-likeness (QED) is 0.742. The summed E-state index contributed by atoms with van der Waals surface area (Å²) in [7, 11) is -3.75. The van der Waals surface area contributed by atoms with Crippen molar-refractivity contribution in [1.29, 1.82) is 0 Å². The second-order valence-corrected chi connectivity index (χ2v) is 6.52. The van der Waals surface area contributed by atoms with Crippen LogP contribution >= 0.6 is 23.8 Å². The first-order chi connectivity index (χ1) is 9.31. The third-order valence-corrected chi connectivity index (χ3v) is 4.60. The second kappa shape index (κ2) is 5.39. The molecule has 1 aromatic carbocycles. The fourth-order valence-electron chi connectivity index (χ4n) is 1.56. The van der Waals surface area contributed by atoms with Gasteiger partial charge >= 0.3 is 0 Å². The Kier molecular flexibility index (Phi) is 3.98. The van der Waals surface area contributed by atoms with Gasteiger partial charge < -0.3 is 5.73 Å². The number of benzene rings is 1. The van der Waals surface area contributed by atoms with Gasteiger partial charge in [-0.1, -0.05) is 23.8 Å². The number of sulfonamides is 1. The van der Waals surface area contributed by atoms with E-state index >= 15 is 0 Å². The minimum Gasteiger partial charge on any atom is -0.389 e. The van der Waals surface area contributed by atoms with Crippen LogP contribution in [0.4, 0.5) is 5.69 Å². The molecule has 0 bridgehead atoms. The van der Waals surface area contributed by atoms with Gasteiger partial charge in [0.25, 0.3) is 10.0 Å². The fraction of sp³-hybridized carbons (Fsp3) is 0.0909. The SMILES string of the molecule is Cc1[nH]ncc1S(=O)(=O)Nc1ccc(C(N)=S)cc1Cl. The lowest BCUT2D eigenvalue weighted by atomic mass is 10.2. The summed E-state index contributed by atoms with van der Waals surface area (Å²) < 4.78 is 26.7. The highest BCUT2D eigenvalue weighted by molar-refractivity contribution is 7.92. The van der Waals surface area contributed by atoms with Gasteiger partial charge in [0.2, 0.25) is 0 Å². The van der Waals surface area contributed by atoms with Gasteiger partial charge in [-0.3, -0.25) is 9.82 Å². The van der Waals surface area contributed by atoms with E-state index in [-0.39, 0.29) is 20.6 Å². The van der Waals surface area contributed by atoms with E-state index in [2.05, 4.69) is 14.9 Å². The predicted octanol–water partition coefficient (Wildman–Crippen LogP) is 1.81. The number of nitrogens with zero attached hydrogens (tertiary/aromatic N) is 1. The van der Waals surface area contributed by atoms with E-state index in [9.17, 15) is 8.42 Å². The Hall–Kier alpha value is -1.64. The van der Waals surface area contributed by atoms with Crippen LogP contribution in [0.15, 0.2) is 29.3 Å². The summed E-state index contributed by atoms with van der Waals surface area (Å²) in [5.74, 6) is 0. The maximum absolute atomic E-state index is 12.2. The second-order valence-electron chi connectivity index (χ2n) is 4.02. The summed E-state index contributed by atoms with van der Waals surface area (Å²) in [6.07, 6.45) is 1.23. The zero-order valence-electron chi connectivity index (χ0n) is 10.3. The highest BCUT2D eigenvalue weighted by Crippen LogP contribution is 2.26. The lowest BCUT2D eigenvalue weighted by Gasteiger charge is -2.10. The van der Waals surface area contributed by atoms with Crippen molar-refractivity contribution in [3.63, 3.8) is 0 Å². The molecule has 20 heavy (non-hydrogen) atoms. The van der Waals surface area contributed by atoms with E-state index in [4.69, 9.17) is 29.6 Å². The predicted molar refractivity (Wildman–Crippen MR) is 81.5 cm³/mol. The molecule has 0 aliphatic heterocycles. The van der Waals surface area contributed by atoms with Crippen LogP contribution < -0.4 is 10.5 Å². The smallest absolute Gasteiger partial charge is 0.265 e. The number of aryl methyl sites for hydroxylation is 1. The minimum absolute atomic E-state index is 0.0620. The zero-order valence-corrected chi connectivity index (χ0v) is 12.7. The van der Waals surface area contributed by atoms with Crippen molar-refractivity contribution < 1.29 is 8.42 Å². The summed E-state index contributed by atoms with van der Waals surface area (Å²) >= 11 is 10.8. The number of H-pyrrole nitrogens is 1. The van der Waals surface area contributed by atoms with E-state index in [0.717, 1.165) is 0 Å². The molecular formula is C11H11ClN4O2S2. The van der Waals surface area contributed by atoms with Crippen LogP contribution in [-0.2, 0) is 10.0 Å². The lowest BCUT2D eigenvalue weighted by Crippen LogP contribution is -2.14. The third-order valence-electron chi connectivity index (χ3n) is 2.57. The van der Waals surface area contributed by atoms with Gasteiger partial charge in [-0.25, -0.2) is 8.42 Å². The normalized spacial score (nSPS) is 11.3. The number of aromatic nitrogens is 2. The number of anilines is 1. The molecule has 0 radical (unpaired) electrons. The lowest BCUT2D eigenvalue weighted by molar-refractivity contribution is 0.600. The van der Waals surface area contributed by atoms with Gasteiger partial charge in [0.1, 0.15) is 9.88 Å². The summed E-state index contributed by atoms with van der Waals surface area (Å²) in [5.41, 5.74) is 6.72. The first-order valence-electron chi connectivity index (χ1n) is 5.43. The number of nitrogens with two attached hydrogens (primary N) is 1. The van der Waals surface area contributed by atoms with E-state index in [0.29, 0.717) is 11.3 Å². The monoisotopic (exact) mass is 330 g/mol. The van der Waals surface area contributed by atoms with Crippen LogP contribution in [-0.4, -0.2) is 23.6 Å². The maximum Gasteiger partial charge on any atom is 0.265 e. The van der Waals surface area contributed by atoms with Crippen molar-refractivity contribution in [2.24, 2.45) is 5.73 Å². The van der Waals surface area contributed by atoms with E-state index in [1.807, 2.05) is 0 Å². The standard InChI is InChI=1S/C11H11ClN4O2S2/c1-6-10(5-14-15-6)20(17,18)16-9-3-2-7(11(13)19)4-8(9)12/h2-5,16H,1H3,(H2,13,19)(H,14,15). The molecule has 0 saturated heterocycles. The molecule has 0 amide bonds. The Morgan fingerprint density at radius 1 is 1.50 bits per heavy atom. The number of rotatable bonds is 4. The van der Waals surface area contributed by atoms with Gasteiger partial charge in [-0.2, -0.15) is 5.10 Å². The van der Waals surface area contributed by atoms with E-state index in [1.54, 1.807) is 13.0 Å². The average Bonchev–Trinajstić information content (AvgIpc) is 2.78. The van der Waals surface area contributed by atoms with Crippen molar-refractivity contribution >= 4 is 44.5 Å². The number of halogens is 1. The van der Waals surface area contributed by atoms with Crippen LogP contribution in [0.25, 0.3) is 0 Å². The molecule has 0 aliphatic rings. The highest BCUT2D eigenvalue weighted by Gasteiger charge is 2.19. The average molecular weight is 331 g/mol. The zero-order chi connectivity index (χ0) is 14.9. The van der Waals surface area contributed by atoms with Gasteiger partial charge in [-0.15, -0.1) is 0 Å². The molecule has 0 atom stereocenters. The van der Waals surface area contributed by atoms with Gasteiger partial charge in [0.15, 0.2) is 0 Å². The molecule has 106 valence electrons. The summed E-state index contributed by atoms with van der Waals surface area (Å²) in [6.45, 7) is 1.61. The molecule has 9 heteroatoms. The minimum atomic E-state index is -3.75. The molecule has 0 unspecified atom stereocenters. The molecule has 2 aromatic rings. The van der Waals surface area contributed by atoms with Crippen molar-refractivity contribution in [2.45, 2.75) is 11.8 Å². The molecule has 4 N–H and O–H groups in total. The molecule has 0 saturated carbocycles. The molecule has 0 aliphatic carbocycles. The topological polar surface area (TPSA) is 101 Å². The van der Waals surface area contributed by atoms with Crippen LogP contribution in [0.3, 0.4) is 0 Å². The number of hydrogen-bond donors (Lipinski definition) is 3. The molecule has 2 rings (SSSR count). The number of thiocarbonyl (C=S) groups is 1. The highest BCUT2D eigenvalue weighted by atomic mass is 35.5. The Balaban J connectivity index is 2.36. The molecular weight excluding hydrogens is 320 g/mol. The Bertz CT molecular complexity index is 770. The molecule has 1 heterocycles. The summed E-state index contributed by atoms with van der Waals surface area (Å²) in [5, 5.41) is 6.45. The molecule has 0 spiro atoms. The third kappa shape index (κ3) is 2.92. The number of nitrogens with one attached hydrogen (secondary N) is 2. The first kappa shape index (κ1) is 14.8. The Labute approximate surface area is 126 Å². The van der Waals surface area contributed by atoms with Crippen LogP contribution in [0.2, 0.25) is 5.02 Å².